The normalized spacial score (nSPS) is 13.9. The van der Waals surface area contributed by atoms with Gasteiger partial charge in [0.25, 0.3) is 6.43 Å². The molecule has 3 heterocycles. The molecule has 1 unspecified atom stereocenters. The minimum absolute atomic E-state index is 0.120. The Labute approximate surface area is 165 Å². The van der Waals surface area contributed by atoms with Gasteiger partial charge in [0.15, 0.2) is 11.5 Å². The lowest BCUT2D eigenvalue weighted by Gasteiger charge is -2.23. The fraction of sp³-hybridized carbons (Fsp3) is 0.250. The summed E-state index contributed by atoms with van der Waals surface area (Å²) in [6.45, 7) is 2.96. The van der Waals surface area contributed by atoms with Crippen LogP contribution in [0.2, 0.25) is 0 Å². The van der Waals surface area contributed by atoms with Crippen molar-refractivity contribution >= 4 is 11.5 Å². The highest BCUT2D eigenvalue weighted by atomic mass is 19.3. The van der Waals surface area contributed by atoms with E-state index in [1.807, 2.05) is 13.0 Å². The quantitative estimate of drug-likeness (QED) is 0.551. The Kier molecular flexibility index (Phi) is 4.34. The molecule has 0 bridgehead atoms. The maximum absolute atomic E-state index is 13.3. The Morgan fingerprint density at radius 1 is 1.21 bits per heavy atom. The van der Waals surface area contributed by atoms with Crippen molar-refractivity contribution in [3.8, 4) is 22.6 Å². The van der Waals surface area contributed by atoms with Gasteiger partial charge in [0, 0.05) is 25.0 Å². The van der Waals surface area contributed by atoms with Crippen LogP contribution in [0.4, 0.5) is 14.6 Å². The predicted molar refractivity (Wildman–Crippen MR) is 105 cm³/mol. The van der Waals surface area contributed by atoms with E-state index in [1.54, 1.807) is 46.9 Å². The molecular formula is C20H20F2N6O. The number of anilines is 1. The minimum atomic E-state index is -2.92. The third-order valence-electron chi connectivity index (χ3n) is 5.02. The van der Waals surface area contributed by atoms with Gasteiger partial charge in [-0.15, -0.1) is 0 Å². The lowest BCUT2D eigenvalue weighted by molar-refractivity contribution is -0.0883. The monoisotopic (exact) mass is 398 g/mol. The van der Waals surface area contributed by atoms with Crippen LogP contribution in [0.5, 0.6) is 0 Å². The molecular weight excluding hydrogens is 378 g/mol. The standard InChI is InChI=1S/C20H20F2N6O/c1-11-4-5-12(20(2,29)19(21)22)8-13(11)16-9-24-18-17(23)25-15(10-28(16)18)14-6-7-27(3)26-14/h4-10,19,29H,1-3H3,(H2,23,25). The summed E-state index contributed by atoms with van der Waals surface area (Å²) in [5.74, 6) is 0.229. The summed E-state index contributed by atoms with van der Waals surface area (Å²) in [4.78, 5) is 8.72. The summed E-state index contributed by atoms with van der Waals surface area (Å²) in [7, 11) is 1.80. The highest BCUT2D eigenvalue weighted by Crippen LogP contribution is 2.34. The van der Waals surface area contributed by atoms with Crippen LogP contribution in [0, 0.1) is 6.92 Å². The molecule has 0 spiro atoms. The third-order valence-corrected chi connectivity index (χ3v) is 5.02. The van der Waals surface area contributed by atoms with E-state index in [0.717, 1.165) is 12.5 Å². The Hall–Kier alpha value is -3.33. The Balaban J connectivity index is 1.92. The van der Waals surface area contributed by atoms with E-state index in [9.17, 15) is 13.9 Å². The van der Waals surface area contributed by atoms with Gasteiger partial charge >= 0.3 is 0 Å². The second kappa shape index (κ2) is 6.63. The van der Waals surface area contributed by atoms with Crippen molar-refractivity contribution in [2.24, 2.45) is 7.05 Å². The Bertz CT molecular complexity index is 1210. The van der Waals surface area contributed by atoms with Crippen LogP contribution in [0.15, 0.2) is 42.9 Å². The topological polar surface area (TPSA) is 94.3 Å². The largest absolute Gasteiger partial charge is 0.381 e. The van der Waals surface area contributed by atoms with Gasteiger partial charge in [-0.05, 0) is 37.1 Å². The number of rotatable bonds is 4. The maximum atomic E-state index is 13.3. The fourth-order valence-electron chi connectivity index (χ4n) is 3.23. The van der Waals surface area contributed by atoms with Gasteiger partial charge in [-0.2, -0.15) is 5.10 Å². The second-order valence-corrected chi connectivity index (χ2v) is 7.20. The number of nitrogens with two attached hydrogens (primary N) is 1. The van der Waals surface area contributed by atoms with Crippen LogP contribution in [-0.2, 0) is 12.6 Å². The van der Waals surface area contributed by atoms with E-state index < -0.39 is 12.0 Å². The molecule has 0 radical (unpaired) electrons. The molecule has 150 valence electrons. The first kappa shape index (κ1) is 19.0. The molecule has 4 aromatic rings. The fourth-order valence-corrected chi connectivity index (χ4v) is 3.23. The zero-order valence-electron chi connectivity index (χ0n) is 16.1. The van der Waals surface area contributed by atoms with E-state index >= 15 is 0 Å². The van der Waals surface area contributed by atoms with Crippen LogP contribution >= 0.6 is 0 Å². The van der Waals surface area contributed by atoms with Crippen molar-refractivity contribution in [3.05, 3.63) is 54.0 Å². The summed E-state index contributed by atoms with van der Waals surface area (Å²) >= 11 is 0. The number of hydrogen-bond acceptors (Lipinski definition) is 5. The number of benzene rings is 1. The highest BCUT2D eigenvalue weighted by Gasteiger charge is 2.34. The van der Waals surface area contributed by atoms with Gasteiger partial charge < -0.3 is 10.8 Å². The van der Waals surface area contributed by atoms with Crippen LogP contribution in [0.1, 0.15) is 18.1 Å². The van der Waals surface area contributed by atoms with Gasteiger partial charge in [-0.25, -0.2) is 18.7 Å². The smallest absolute Gasteiger partial charge is 0.270 e. The second-order valence-electron chi connectivity index (χ2n) is 7.20. The molecule has 7 nitrogen and oxygen atoms in total. The summed E-state index contributed by atoms with van der Waals surface area (Å²) in [6, 6.07) is 6.58. The van der Waals surface area contributed by atoms with Gasteiger partial charge in [0.05, 0.1) is 11.9 Å². The summed E-state index contributed by atoms with van der Waals surface area (Å²) in [5, 5.41) is 14.6. The lowest BCUT2D eigenvalue weighted by atomic mass is 9.92. The van der Waals surface area contributed by atoms with Gasteiger partial charge in [0.2, 0.25) is 0 Å². The number of aryl methyl sites for hydroxylation is 2. The number of halogens is 2. The number of alkyl halides is 2. The maximum Gasteiger partial charge on any atom is 0.270 e. The zero-order valence-corrected chi connectivity index (χ0v) is 16.1. The van der Waals surface area contributed by atoms with Crippen molar-refractivity contribution in [2.75, 3.05) is 5.73 Å². The van der Waals surface area contributed by atoms with E-state index in [2.05, 4.69) is 15.1 Å². The predicted octanol–water partition coefficient (Wildman–Crippen LogP) is 3.16. The number of aromatic nitrogens is 5. The average Bonchev–Trinajstić information content (AvgIpc) is 3.28. The molecule has 0 saturated carbocycles. The summed E-state index contributed by atoms with van der Waals surface area (Å²) in [5.41, 5.74) is 7.77. The third kappa shape index (κ3) is 3.13. The Morgan fingerprint density at radius 3 is 2.62 bits per heavy atom. The molecule has 3 N–H and O–H groups in total. The number of nitrogens with zero attached hydrogens (tertiary/aromatic N) is 5. The SMILES string of the molecule is Cc1ccc(C(C)(O)C(F)F)cc1-c1cnc2c(N)nc(-c3ccn(C)n3)cn12. The molecule has 29 heavy (non-hydrogen) atoms. The van der Waals surface area contributed by atoms with Crippen molar-refractivity contribution < 1.29 is 13.9 Å². The average molecular weight is 398 g/mol. The van der Waals surface area contributed by atoms with E-state index in [-0.39, 0.29) is 11.4 Å². The first-order chi connectivity index (χ1) is 13.7. The van der Waals surface area contributed by atoms with Crippen molar-refractivity contribution in [3.63, 3.8) is 0 Å². The van der Waals surface area contributed by atoms with Gasteiger partial charge in [0.1, 0.15) is 17.0 Å². The number of fused-ring (bicyclic) bond motifs is 1. The number of hydrogen-bond donors (Lipinski definition) is 2. The van der Waals surface area contributed by atoms with E-state index in [0.29, 0.717) is 28.3 Å². The molecule has 0 aliphatic heterocycles. The Morgan fingerprint density at radius 2 is 1.97 bits per heavy atom. The molecule has 0 aliphatic carbocycles. The summed E-state index contributed by atoms with van der Waals surface area (Å²) in [6.07, 6.45) is 2.24. The van der Waals surface area contributed by atoms with Crippen LogP contribution in [0.25, 0.3) is 28.3 Å². The van der Waals surface area contributed by atoms with Crippen LogP contribution < -0.4 is 5.73 Å². The molecule has 1 aromatic carbocycles. The van der Waals surface area contributed by atoms with Crippen LogP contribution in [0.3, 0.4) is 0 Å². The number of aliphatic hydroxyl groups is 1. The molecule has 0 fully saturated rings. The molecule has 1 atom stereocenters. The van der Waals surface area contributed by atoms with E-state index in [4.69, 9.17) is 5.73 Å². The highest BCUT2D eigenvalue weighted by molar-refractivity contribution is 5.74. The molecule has 0 saturated heterocycles. The summed E-state index contributed by atoms with van der Waals surface area (Å²) < 4.78 is 30.1. The minimum Gasteiger partial charge on any atom is -0.381 e. The first-order valence-electron chi connectivity index (χ1n) is 8.94. The molecule has 4 rings (SSSR count). The van der Waals surface area contributed by atoms with Crippen molar-refractivity contribution in [1.29, 1.82) is 0 Å². The first-order valence-corrected chi connectivity index (χ1v) is 8.94. The van der Waals surface area contributed by atoms with Gasteiger partial charge in [-0.3, -0.25) is 9.08 Å². The van der Waals surface area contributed by atoms with Crippen molar-refractivity contribution in [2.45, 2.75) is 25.9 Å². The number of imidazole rings is 1. The molecule has 0 aliphatic rings. The lowest BCUT2D eigenvalue weighted by Crippen LogP contribution is -2.30. The molecule has 3 aromatic heterocycles. The molecule has 0 amide bonds. The van der Waals surface area contributed by atoms with E-state index in [1.165, 1.54) is 6.07 Å². The van der Waals surface area contributed by atoms with Crippen LogP contribution in [-0.4, -0.2) is 35.7 Å². The number of nitrogen functional groups attached to an aromatic ring is 1. The van der Waals surface area contributed by atoms with Crippen molar-refractivity contribution in [1.82, 2.24) is 24.1 Å². The molecule has 9 heteroatoms. The van der Waals surface area contributed by atoms with Gasteiger partial charge in [-0.1, -0.05) is 12.1 Å². The zero-order chi connectivity index (χ0) is 20.9.